The van der Waals surface area contributed by atoms with Gasteiger partial charge in [-0.1, -0.05) is 0 Å². The number of aliphatic hydroxyl groups excluding tert-OH is 1. The van der Waals surface area contributed by atoms with Crippen molar-refractivity contribution >= 4 is 23.3 Å². The van der Waals surface area contributed by atoms with Gasteiger partial charge in [-0.2, -0.15) is 0 Å². The highest BCUT2D eigenvalue weighted by molar-refractivity contribution is 7.09. The SMILES string of the molecule is Cc1nc(/C=C/C(=O)N(CCO)C2CC2)cs1. The van der Waals surface area contributed by atoms with Gasteiger partial charge in [0.2, 0.25) is 5.91 Å². The molecular formula is C12H16N2O2S. The normalized spacial score (nSPS) is 15.4. The number of rotatable bonds is 5. The number of hydrogen-bond donors (Lipinski definition) is 1. The fourth-order valence-corrected chi connectivity index (χ4v) is 2.26. The van der Waals surface area contributed by atoms with Crippen molar-refractivity contribution in [2.45, 2.75) is 25.8 Å². The van der Waals surface area contributed by atoms with Crippen LogP contribution >= 0.6 is 11.3 Å². The summed E-state index contributed by atoms with van der Waals surface area (Å²) >= 11 is 1.57. The highest BCUT2D eigenvalue weighted by Gasteiger charge is 2.30. The summed E-state index contributed by atoms with van der Waals surface area (Å²) in [7, 11) is 0. The van der Waals surface area contributed by atoms with E-state index >= 15 is 0 Å². The van der Waals surface area contributed by atoms with E-state index in [-0.39, 0.29) is 12.5 Å². The van der Waals surface area contributed by atoms with Crippen LogP contribution in [0.2, 0.25) is 0 Å². The fraction of sp³-hybridized carbons (Fsp3) is 0.500. The van der Waals surface area contributed by atoms with E-state index in [1.807, 2.05) is 12.3 Å². The monoisotopic (exact) mass is 252 g/mol. The largest absolute Gasteiger partial charge is 0.395 e. The zero-order chi connectivity index (χ0) is 12.3. The molecule has 0 radical (unpaired) electrons. The van der Waals surface area contributed by atoms with E-state index in [1.54, 1.807) is 28.4 Å². The van der Waals surface area contributed by atoms with Crippen LogP contribution in [0.4, 0.5) is 0 Å². The number of nitrogens with zero attached hydrogens (tertiary/aromatic N) is 2. The van der Waals surface area contributed by atoms with Gasteiger partial charge in [0, 0.05) is 24.0 Å². The fourth-order valence-electron chi connectivity index (χ4n) is 1.68. The van der Waals surface area contributed by atoms with Crippen molar-refractivity contribution in [2.24, 2.45) is 0 Å². The molecule has 0 saturated heterocycles. The van der Waals surface area contributed by atoms with Gasteiger partial charge in [0.15, 0.2) is 0 Å². The highest BCUT2D eigenvalue weighted by Crippen LogP contribution is 2.26. The predicted octanol–water partition coefficient (Wildman–Crippen LogP) is 1.45. The predicted molar refractivity (Wildman–Crippen MR) is 67.7 cm³/mol. The van der Waals surface area contributed by atoms with Crippen molar-refractivity contribution in [1.29, 1.82) is 0 Å². The maximum atomic E-state index is 11.9. The smallest absolute Gasteiger partial charge is 0.246 e. The third-order valence-corrected chi connectivity index (χ3v) is 3.44. The molecule has 0 bridgehead atoms. The van der Waals surface area contributed by atoms with Gasteiger partial charge < -0.3 is 10.0 Å². The van der Waals surface area contributed by atoms with E-state index in [0.717, 1.165) is 23.5 Å². The highest BCUT2D eigenvalue weighted by atomic mass is 32.1. The molecule has 4 nitrogen and oxygen atoms in total. The minimum Gasteiger partial charge on any atom is -0.395 e. The Morgan fingerprint density at radius 3 is 3.00 bits per heavy atom. The van der Waals surface area contributed by atoms with Gasteiger partial charge >= 0.3 is 0 Å². The van der Waals surface area contributed by atoms with E-state index in [9.17, 15) is 4.79 Å². The van der Waals surface area contributed by atoms with E-state index in [2.05, 4.69) is 4.98 Å². The minimum absolute atomic E-state index is 0.0197. The van der Waals surface area contributed by atoms with Crippen LogP contribution in [0.1, 0.15) is 23.5 Å². The molecule has 1 aliphatic rings. The van der Waals surface area contributed by atoms with Crippen LogP contribution in [0.3, 0.4) is 0 Å². The second-order valence-corrected chi connectivity index (χ2v) is 5.17. The zero-order valence-corrected chi connectivity index (χ0v) is 10.6. The Balaban J connectivity index is 1.96. The topological polar surface area (TPSA) is 53.4 Å². The molecule has 1 aromatic rings. The molecule has 1 aliphatic carbocycles. The van der Waals surface area contributed by atoms with Gasteiger partial charge in [-0.25, -0.2) is 4.98 Å². The van der Waals surface area contributed by atoms with Gasteiger partial charge in [-0.3, -0.25) is 4.79 Å². The maximum absolute atomic E-state index is 11.9. The summed E-state index contributed by atoms with van der Waals surface area (Å²) in [4.78, 5) is 17.9. The van der Waals surface area contributed by atoms with Crippen molar-refractivity contribution in [3.8, 4) is 0 Å². The first kappa shape index (κ1) is 12.3. The summed E-state index contributed by atoms with van der Waals surface area (Å²) in [5.74, 6) is -0.0350. The number of aliphatic hydroxyl groups is 1. The van der Waals surface area contributed by atoms with Crippen LogP contribution in [0.15, 0.2) is 11.5 Å². The van der Waals surface area contributed by atoms with E-state index in [4.69, 9.17) is 5.11 Å². The molecule has 1 fully saturated rings. The molecule has 0 spiro atoms. The third-order valence-electron chi connectivity index (χ3n) is 2.65. The van der Waals surface area contributed by atoms with Crippen molar-refractivity contribution in [2.75, 3.05) is 13.2 Å². The lowest BCUT2D eigenvalue weighted by molar-refractivity contribution is -0.127. The van der Waals surface area contributed by atoms with Gasteiger partial charge in [0.05, 0.1) is 17.3 Å². The molecule has 5 heteroatoms. The molecule has 1 aromatic heterocycles. The molecule has 0 aromatic carbocycles. The molecule has 0 aliphatic heterocycles. The Labute approximate surface area is 105 Å². The second-order valence-electron chi connectivity index (χ2n) is 4.11. The Hall–Kier alpha value is -1.20. The Bertz CT molecular complexity index is 424. The van der Waals surface area contributed by atoms with Crippen molar-refractivity contribution < 1.29 is 9.90 Å². The van der Waals surface area contributed by atoms with Crippen LogP contribution in [0.5, 0.6) is 0 Å². The van der Waals surface area contributed by atoms with Crippen LogP contribution in [-0.2, 0) is 4.79 Å². The average Bonchev–Trinajstić information content (AvgIpc) is 3.06. The first-order valence-electron chi connectivity index (χ1n) is 5.72. The molecule has 2 rings (SSSR count). The van der Waals surface area contributed by atoms with Crippen LogP contribution in [-0.4, -0.2) is 40.1 Å². The molecular weight excluding hydrogens is 236 g/mol. The molecule has 1 amide bonds. The number of aryl methyl sites for hydroxylation is 1. The average molecular weight is 252 g/mol. The van der Waals surface area contributed by atoms with Crippen LogP contribution < -0.4 is 0 Å². The third kappa shape index (κ3) is 3.38. The zero-order valence-electron chi connectivity index (χ0n) is 9.80. The number of carbonyl (C=O) groups excluding carboxylic acids is 1. The minimum atomic E-state index is -0.0350. The molecule has 1 saturated carbocycles. The standard InChI is InChI=1S/C12H16N2O2S/c1-9-13-10(8-17-9)2-5-12(16)14(6-7-15)11-3-4-11/h2,5,8,11,15H,3-4,6-7H2,1H3/b5-2+. The Morgan fingerprint density at radius 1 is 1.71 bits per heavy atom. The molecule has 17 heavy (non-hydrogen) atoms. The van der Waals surface area contributed by atoms with Crippen molar-refractivity contribution in [3.05, 3.63) is 22.2 Å². The maximum Gasteiger partial charge on any atom is 0.246 e. The van der Waals surface area contributed by atoms with Crippen molar-refractivity contribution in [3.63, 3.8) is 0 Å². The van der Waals surface area contributed by atoms with E-state index < -0.39 is 0 Å². The summed E-state index contributed by atoms with van der Waals surface area (Å²) < 4.78 is 0. The number of hydrogen-bond acceptors (Lipinski definition) is 4. The lowest BCUT2D eigenvalue weighted by atomic mass is 10.3. The first-order chi connectivity index (χ1) is 8.20. The number of carbonyl (C=O) groups is 1. The summed E-state index contributed by atoms with van der Waals surface area (Å²) in [6.45, 7) is 2.38. The molecule has 1 heterocycles. The molecule has 92 valence electrons. The van der Waals surface area contributed by atoms with Gasteiger partial charge in [0.1, 0.15) is 0 Å². The lowest BCUT2D eigenvalue weighted by Crippen LogP contribution is -2.34. The summed E-state index contributed by atoms with van der Waals surface area (Å²) in [5.41, 5.74) is 0.820. The lowest BCUT2D eigenvalue weighted by Gasteiger charge is -2.19. The quantitative estimate of drug-likeness (QED) is 0.807. The Kier molecular flexibility index (Phi) is 3.91. The summed E-state index contributed by atoms with van der Waals surface area (Å²) in [6, 6.07) is 0.330. The first-order valence-corrected chi connectivity index (χ1v) is 6.60. The molecule has 1 N–H and O–H groups in total. The second kappa shape index (κ2) is 5.42. The van der Waals surface area contributed by atoms with E-state index in [0.29, 0.717) is 12.6 Å². The molecule has 0 unspecified atom stereocenters. The summed E-state index contributed by atoms with van der Waals surface area (Å²) in [5, 5.41) is 11.8. The van der Waals surface area contributed by atoms with Gasteiger partial charge in [0.25, 0.3) is 0 Å². The number of aromatic nitrogens is 1. The molecule has 0 atom stereocenters. The number of amides is 1. The van der Waals surface area contributed by atoms with Crippen molar-refractivity contribution in [1.82, 2.24) is 9.88 Å². The Morgan fingerprint density at radius 2 is 2.47 bits per heavy atom. The van der Waals surface area contributed by atoms with Crippen LogP contribution in [0.25, 0.3) is 6.08 Å². The number of thiazole rings is 1. The summed E-state index contributed by atoms with van der Waals surface area (Å²) in [6.07, 6.45) is 5.38. The van der Waals surface area contributed by atoms with Gasteiger partial charge in [-0.05, 0) is 25.8 Å². The van der Waals surface area contributed by atoms with Crippen LogP contribution in [0, 0.1) is 6.92 Å². The van der Waals surface area contributed by atoms with Gasteiger partial charge in [-0.15, -0.1) is 11.3 Å². The van der Waals surface area contributed by atoms with E-state index in [1.165, 1.54) is 0 Å².